The van der Waals surface area contributed by atoms with Gasteiger partial charge in [0.1, 0.15) is 23.7 Å². The Hall–Kier alpha value is -4.46. The summed E-state index contributed by atoms with van der Waals surface area (Å²) in [5, 5.41) is 26.2. The lowest BCUT2D eigenvalue weighted by Crippen LogP contribution is -2.49. The molecule has 42 heavy (non-hydrogen) atoms. The summed E-state index contributed by atoms with van der Waals surface area (Å²) in [6.45, 7) is -0.677. The highest BCUT2D eigenvalue weighted by atomic mass is 35.5. The molecule has 0 saturated carbocycles. The van der Waals surface area contributed by atoms with E-state index in [0.29, 0.717) is 10.7 Å². The number of hydrogen-bond donors (Lipinski definition) is 6. The molecule has 14 heteroatoms. The van der Waals surface area contributed by atoms with E-state index in [-0.39, 0.29) is 29.2 Å². The minimum Gasteiger partial charge on any atom is -0.480 e. The van der Waals surface area contributed by atoms with Crippen molar-refractivity contribution in [3.63, 3.8) is 0 Å². The molecule has 0 aliphatic rings. The highest BCUT2D eigenvalue weighted by molar-refractivity contribution is 7.99. The highest BCUT2D eigenvalue weighted by Crippen LogP contribution is 2.30. The fourth-order valence-corrected chi connectivity index (χ4v) is 4.79. The summed E-state index contributed by atoms with van der Waals surface area (Å²) in [4.78, 5) is 64.6. The summed E-state index contributed by atoms with van der Waals surface area (Å²) < 4.78 is 0. The molecule has 0 spiro atoms. The smallest absolute Gasteiger partial charge is 0.322 e. The van der Waals surface area contributed by atoms with E-state index in [1.165, 1.54) is 6.20 Å². The summed E-state index contributed by atoms with van der Waals surface area (Å²) in [5.74, 6) is -4.56. The number of halogens is 1. The number of anilines is 1. The number of para-hydroxylation sites is 1. The van der Waals surface area contributed by atoms with Gasteiger partial charge in [-0.25, -0.2) is 4.98 Å². The minimum absolute atomic E-state index is 0.110. The molecular formula is C28H28ClN5O7S. The highest BCUT2D eigenvalue weighted by Gasteiger charge is 2.24. The maximum atomic E-state index is 13.4. The second-order valence-corrected chi connectivity index (χ2v) is 10.3. The van der Waals surface area contributed by atoms with Crippen molar-refractivity contribution in [1.29, 1.82) is 0 Å². The number of nitrogens with zero attached hydrogens (tertiary/aromatic N) is 1. The van der Waals surface area contributed by atoms with Crippen molar-refractivity contribution < 1.29 is 34.2 Å². The van der Waals surface area contributed by atoms with Crippen molar-refractivity contribution in [2.75, 3.05) is 17.6 Å². The zero-order valence-electron chi connectivity index (χ0n) is 22.1. The lowest BCUT2D eigenvalue weighted by Gasteiger charge is -2.19. The molecular weight excluding hydrogens is 586 g/mol. The predicted molar refractivity (Wildman–Crippen MR) is 157 cm³/mol. The van der Waals surface area contributed by atoms with Gasteiger partial charge in [0.05, 0.1) is 5.56 Å². The molecule has 7 N–H and O–H groups in total. The number of rotatable bonds is 14. The number of aromatic nitrogens is 1. The number of nitrogens with two attached hydrogens (primary N) is 1. The van der Waals surface area contributed by atoms with Gasteiger partial charge in [-0.3, -0.25) is 24.0 Å². The number of carbonyl (C=O) groups is 5. The minimum atomic E-state index is -1.28. The van der Waals surface area contributed by atoms with E-state index in [4.69, 9.17) is 27.5 Å². The first-order chi connectivity index (χ1) is 20.0. The van der Waals surface area contributed by atoms with E-state index in [0.717, 1.165) is 22.9 Å². The largest absolute Gasteiger partial charge is 0.480 e. The van der Waals surface area contributed by atoms with Crippen molar-refractivity contribution in [1.82, 2.24) is 15.6 Å². The molecule has 0 aliphatic carbocycles. The fraction of sp³-hybridized carbons (Fsp3) is 0.214. The van der Waals surface area contributed by atoms with Crippen molar-refractivity contribution in [2.45, 2.75) is 30.0 Å². The fourth-order valence-electron chi connectivity index (χ4n) is 3.65. The number of aliphatic carboxylic acids is 2. The van der Waals surface area contributed by atoms with Crippen LogP contribution < -0.4 is 21.7 Å². The average molecular weight is 614 g/mol. The van der Waals surface area contributed by atoms with Crippen LogP contribution in [0, 0.1) is 0 Å². The van der Waals surface area contributed by atoms with E-state index >= 15 is 0 Å². The molecule has 0 radical (unpaired) electrons. The van der Waals surface area contributed by atoms with Crippen LogP contribution in [0.3, 0.4) is 0 Å². The van der Waals surface area contributed by atoms with Crippen LogP contribution in [-0.2, 0) is 19.2 Å². The number of hydrogen-bond acceptors (Lipinski definition) is 8. The standard InChI is InChI=1S/C28H28ClN5O7S/c29-17-9-7-16(8-10-17)18-4-1-2-6-21(18)34-25(38)19-5-3-13-31-27(19)42-15-22(26(39)32-14-24(36)37)33-23(35)12-11-20(30)28(40)41/h1-10,13,20,22H,11-12,14-15,30H2,(H,32,39)(H,33,35)(H,34,38)(H,36,37)(H,40,41)/t20-,22-/m0/s1. The first-order valence-corrected chi connectivity index (χ1v) is 13.9. The number of amides is 3. The lowest BCUT2D eigenvalue weighted by molar-refractivity contribution is -0.139. The Morgan fingerprint density at radius 2 is 1.69 bits per heavy atom. The molecule has 2 aromatic carbocycles. The van der Waals surface area contributed by atoms with Crippen LogP contribution in [0.15, 0.2) is 71.9 Å². The van der Waals surface area contributed by atoms with Crippen molar-refractivity contribution in [3.8, 4) is 11.1 Å². The third kappa shape index (κ3) is 9.58. The molecule has 0 fully saturated rings. The Morgan fingerprint density at radius 3 is 2.38 bits per heavy atom. The molecule has 12 nitrogen and oxygen atoms in total. The molecule has 2 atom stereocenters. The number of carbonyl (C=O) groups excluding carboxylic acids is 3. The van der Waals surface area contributed by atoms with Crippen LogP contribution in [0.5, 0.6) is 0 Å². The van der Waals surface area contributed by atoms with Crippen LogP contribution in [0.4, 0.5) is 5.69 Å². The third-order valence-electron chi connectivity index (χ3n) is 5.80. The molecule has 0 aliphatic heterocycles. The molecule has 1 aromatic heterocycles. The van der Waals surface area contributed by atoms with Gasteiger partial charge in [-0.1, -0.05) is 41.9 Å². The van der Waals surface area contributed by atoms with E-state index in [1.54, 1.807) is 36.4 Å². The zero-order chi connectivity index (χ0) is 30.6. The van der Waals surface area contributed by atoms with Crippen LogP contribution in [0.25, 0.3) is 11.1 Å². The molecule has 3 aromatic rings. The Kier molecular flexibility index (Phi) is 11.8. The summed E-state index contributed by atoms with van der Waals surface area (Å²) in [5.41, 5.74) is 7.79. The van der Waals surface area contributed by atoms with Gasteiger partial charge in [0.15, 0.2) is 0 Å². The molecule has 0 saturated heterocycles. The van der Waals surface area contributed by atoms with E-state index in [9.17, 15) is 24.0 Å². The van der Waals surface area contributed by atoms with Crippen LogP contribution in [0.1, 0.15) is 23.2 Å². The van der Waals surface area contributed by atoms with Gasteiger partial charge in [-0.15, -0.1) is 11.8 Å². The van der Waals surface area contributed by atoms with Crippen LogP contribution in [0.2, 0.25) is 5.02 Å². The quantitative estimate of drug-likeness (QED) is 0.147. The summed E-state index contributed by atoms with van der Waals surface area (Å²) in [6, 6.07) is 15.0. The molecule has 0 unspecified atom stereocenters. The van der Waals surface area contributed by atoms with Gasteiger partial charge < -0.3 is 31.9 Å². The number of benzene rings is 2. The second kappa shape index (κ2) is 15.5. The Labute approximate surface area is 250 Å². The van der Waals surface area contributed by atoms with E-state index < -0.39 is 48.3 Å². The van der Waals surface area contributed by atoms with Gasteiger partial charge in [-0.05, 0) is 42.3 Å². The molecule has 3 rings (SSSR count). The van der Waals surface area contributed by atoms with Gasteiger partial charge >= 0.3 is 11.9 Å². The molecule has 0 bridgehead atoms. The Balaban J connectivity index is 1.75. The van der Waals surface area contributed by atoms with Crippen molar-refractivity contribution >= 4 is 58.7 Å². The predicted octanol–water partition coefficient (Wildman–Crippen LogP) is 2.62. The summed E-state index contributed by atoms with van der Waals surface area (Å²) >= 11 is 7.01. The first kappa shape index (κ1) is 32.1. The number of nitrogens with one attached hydrogen (secondary N) is 3. The second-order valence-electron chi connectivity index (χ2n) is 8.89. The number of thioether (sulfide) groups is 1. The summed E-state index contributed by atoms with van der Waals surface area (Å²) in [7, 11) is 0. The lowest BCUT2D eigenvalue weighted by atomic mass is 10.0. The summed E-state index contributed by atoms with van der Waals surface area (Å²) in [6.07, 6.45) is 1.02. The normalized spacial score (nSPS) is 12.0. The average Bonchev–Trinajstić information content (AvgIpc) is 2.97. The molecule has 1 heterocycles. The third-order valence-corrected chi connectivity index (χ3v) is 7.15. The zero-order valence-corrected chi connectivity index (χ0v) is 23.7. The van der Waals surface area contributed by atoms with Crippen molar-refractivity contribution in [3.05, 3.63) is 77.4 Å². The SMILES string of the molecule is N[C@@H](CCC(=O)N[C@@H](CSc1ncccc1C(=O)Nc1ccccc1-c1ccc(Cl)cc1)C(=O)NCC(=O)O)C(=O)O. The Bertz CT molecular complexity index is 1450. The number of carboxylic acids is 2. The van der Waals surface area contributed by atoms with Gasteiger partial charge in [0.2, 0.25) is 11.8 Å². The van der Waals surface area contributed by atoms with Gasteiger partial charge in [0, 0.05) is 34.6 Å². The van der Waals surface area contributed by atoms with E-state index in [1.807, 2.05) is 24.3 Å². The maximum absolute atomic E-state index is 13.4. The molecule has 220 valence electrons. The van der Waals surface area contributed by atoms with Crippen LogP contribution in [-0.4, -0.2) is 69.2 Å². The van der Waals surface area contributed by atoms with Gasteiger partial charge in [0.25, 0.3) is 5.91 Å². The van der Waals surface area contributed by atoms with E-state index in [2.05, 4.69) is 20.9 Å². The Morgan fingerprint density at radius 1 is 0.976 bits per heavy atom. The topological polar surface area (TPSA) is 201 Å². The van der Waals surface area contributed by atoms with Crippen LogP contribution >= 0.6 is 23.4 Å². The number of pyridine rings is 1. The molecule has 3 amide bonds. The number of carboxylic acid groups (broad SMARTS) is 2. The maximum Gasteiger partial charge on any atom is 0.322 e. The first-order valence-electron chi connectivity index (χ1n) is 12.6. The monoisotopic (exact) mass is 613 g/mol. The van der Waals surface area contributed by atoms with Crippen molar-refractivity contribution in [2.24, 2.45) is 5.73 Å². The van der Waals surface area contributed by atoms with Gasteiger partial charge in [-0.2, -0.15) is 0 Å².